The maximum atomic E-state index is 10.8. The monoisotopic (exact) mass is 259 g/mol. The molecular formula is C15H17NO3. The minimum atomic E-state index is -0.974. The van der Waals surface area contributed by atoms with Crippen LogP contribution in [-0.2, 0) is 0 Å². The number of nitrogens with two attached hydrogens (primary N) is 1. The van der Waals surface area contributed by atoms with Gasteiger partial charge in [0.1, 0.15) is 5.75 Å². The molecule has 0 bridgehead atoms. The molecule has 0 unspecified atom stereocenters. The molecule has 2 rings (SSSR count). The number of carboxylic acid groups (broad SMARTS) is 1. The zero-order valence-electron chi connectivity index (χ0n) is 10.9. The number of benzene rings is 2. The quantitative estimate of drug-likeness (QED) is 0.570. The molecule has 0 spiro atoms. The average molecular weight is 259 g/mol. The Kier molecular flexibility index (Phi) is 4.94. The second-order valence-corrected chi connectivity index (χ2v) is 3.66. The molecule has 0 saturated heterocycles. The Labute approximate surface area is 112 Å². The van der Waals surface area contributed by atoms with Gasteiger partial charge in [-0.05, 0) is 35.4 Å². The predicted molar refractivity (Wildman–Crippen MR) is 76.3 cm³/mol. The first-order valence-electron chi connectivity index (χ1n) is 6.00. The molecular weight excluding hydrogens is 242 g/mol. The molecule has 0 aliphatic rings. The van der Waals surface area contributed by atoms with Crippen LogP contribution in [0.3, 0.4) is 0 Å². The summed E-state index contributed by atoms with van der Waals surface area (Å²) in [7, 11) is 0. The third-order valence-electron chi connectivity index (χ3n) is 2.47. The standard InChI is InChI=1S/C13H11NO3.C2H6/c14-11-7-9(4-5-12(11)15)8-2-1-3-10(6-8)13(16)17;1-2/h1-7,15H,14H2,(H,16,17);1-2H3. The number of phenolic OH excluding ortho intramolecular Hbond substituents is 1. The van der Waals surface area contributed by atoms with Gasteiger partial charge in [-0.2, -0.15) is 0 Å². The van der Waals surface area contributed by atoms with Crippen molar-refractivity contribution in [2.75, 3.05) is 5.73 Å². The van der Waals surface area contributed by atoms with E-state index >= 15 is 0 Å². The molecule has 0 aliphatic heterocycles. The number of hydrogen-bond acceptors (Lipinski definition) is 3. The van der Waals surface area contributed by atoms with Crippen molar-refractivity contribution in [3.05, 3.63) is 48.0 Å². The molecule has 19 heavy (non-hydrogen) atoms. The molecule has 100 valence electrons. The average Bonchev–Trinajstić information content (AvgIpc) is 2.44. The van der Waals surface area contributed by atoms with E-state index in [1.165, 1.54) is 12.1 Å². The molecule has 0 fully saturated rings. The number of nitrogen functional groups attached to an aromatic ring is 1. The Hall–Kier alpha value is -2.49. The first kappa shape index (κ1) is 14.6. The third-order valence-corrected chi connectivity index (χ3v) is 2.47. The van der Waals surface area contributed by atoms with E-state index in [0.717, 1.165) is 11.1 Å². The molecule has 0 atom stereocenters. The normalized spacial score (nSPS) is 9.37. The fourth-order valence-electron chi connectivity index (χ4n) is 1.57. The van der Waals surface area contributed by atoms with Crippen molar-refractivity contribution in [3.8, 4) is 16.9 Å². The van der Waals surface area contributed by atoms with Crippen molar-refractivity contribution in [1.82, 2.24) is 0 Å². The molecule has 2 aromatic carbocycles. The van der Waals surface area contributed by atoms with Crippen molar-refractivity contribution in [2.45, 2.75) is 13.8 Å². The molecule has 0 amide bonds. The first-order chi connectivity index (χ1) is 9.08. The van der Waals surface area contributed by atoms with Crippen LogP contribution in [0.1, 0.15) is 24.2 Å². The highest BCUT2D eigenvalue weighted by Crippen LogP contribution is 2.27. The van der Waals surface area contributed by atoms with E-state index in [4.69, 9.17) is 10.8 Å². The van der Waals surface area contributed by atoms with Gasteiger partial charge in [-0.25, -0.2) is 4.79 Å². The topological polar surface area (TPSA) is 83.6 Å². The molecule has 0 aromatic heterocycles. The van der Waals surface area contributed by atoms with E-state index in [0.29, 0.717) is 0 Å². The van der Waals surface area contributed by atoms with E-state index in [1.54, 1.807) is 30.3 Å². The summed E-state index contributed by atoms with van der Waals surface area (Å²) in [5.41, 5.74) is 7.59. The highest BCUT2D eigenvalue weighted by Gasteiger charge is 2.06. The molecule has 0 radical (unpaired) electrons. The molecule has 0 saturated carbocycles. The lowest BCUT2D eigenvalue weighted by Crippen LogP contribution is -1.95. The lowest BCUT2D eigenvalue weighted by Gasteiger charge is -2.05. The summed E-state index contributed by atoms with van der Waals surface area (Å²) in [6.45, 7) is 4.00. The largest absolute Gasteiger partial charge is 0.506 e. The van der Waals surface area contributed by atoms with E-state index in [9.17, 15) is 9.90 Å². The smallest absolute Gasteiger partial charge is 0.335 e. The van der Waals surface area contributed by atoms with Crippen LogP contribution in [0.25, 0.3) is 11.1 Å². The number of carboxylic acids is 1. The van der Waals surface area contributed by atoms with Crippen molar-refractivity contribution in [1.29, 1.82) is 0 Å². The SMILES string of the molecule is CC.Nc1cc(-c2cccc(C(=O)O)c2)ccc1O. The molecule has 4 N–H and O–H groups in total. The van der Waals surface area contributed by atoms with Gasteiger partial charge in [-0.15, -0.1) is 0 Å². The Morgan fingerprint density at radius 2 is 1.68 bits per heavy atom. The number of carbonyl (C=O) groups is 1. The van der Waals surface area contributed by atoms with Gasteiger partial charge in [0.2, 0.25) is 0 Å². The Morgan fingerprint density at radius 3 is 2.26 bits per heavy atom. The number of phenols is 1. The van der Waals surface area contributed by atoms with Gasteiger partial charge in [-0.3, -0.25) is 0 Å². The molecule has 4 nitrogen and oxygen atoms in total. The zero-order chi connectivity index (χ0) is 14.4. The molecule has 0 aliphatic carbocycles. The van der Waals surface area contributed by atoms with Crippen LogP contribution in [0.15, 0.2) is 42.5 Å². The van der Waals surface area contributed by atoms with E-state index < -0.39 is 5.97 Å². The fraction of sp³-hybridized carbons (Fsp3) is 0.133. The molecule has 4 heteroatoms. The van der Waals surface area contributed by atoms with Crippen LogP contribution in [0.4, 0.5) is 5.69 Å². The fourth-order valence-corrected chi connectivity index (χ4v) is 1.57. The summed E-state index contributed by atoms with van der Waals surface area (Å²) in [6, 6.07) is 11.3. The van der Waals surface area contributed by atoms with Crippen molar-refractivity contribution < 1.29 is 15.0 Å². The minimum Gasteiger partial charge on any atom is -0.506 e. The lowest BCUT2D eigenvalue weighted by atomic mass is 10.0. The summed E-state index contributed by atoms with van der Waals surface area (Å²) in [6.07, 6.45) is 0. The second-order valence-electron chi connectivity index (χ2n) is 3.66. The summed E-state index contributed by atoms with van der Waals surface area (Å²) in [5, 5.41) is 18.2. The van der Waals surface area contributed by atoms with Crippen LogP contribution in [0.5, 0.6) is 5.75 Å². The van der Waals surface area contributed by atoms with Crippen LogP contribution >= 0.6 is 0 Å². The minimum absolute atomic E-state index is 0.0168. The van der Waals surface area contributed by atoms with Gasteiger partial charge in [0, 0.05) is 0 Å². The maximum Gasteiger partial charge on any atom is 0.335 e. The zero-order valence-corrected chi connectivity index (χ0v) is 10.9. The summed E-state index contributed by atoms with van der Waals surface area (Å²) >= 11 is 0. The summed E-state index contributed by atoms with van der Waals surface area (Å²) in [4.78, 5) is 10.8. The van der Waals surface area contributed by atoms with Gasteiger partial charge in [0.15, 0.2) is 0 Å². The lowest BCUT2D eigenvalue weighted by molar-refractivity contribution is 0.0697. The highest BCUT2D eigenvalue weighted by molar-refractivity contribution is 5.89. The number of hydrogen-bond donors (Lipinski definition) is 3. The summed E-state index contributed by atoms with van der Waals surface area (Å²) < 4.78 is 0. The van der Waals surface area contributed by atoms with Crippen molar-refractivity contribution in [3.63, 3.8) is 0 Å². The Morgan fingerprint density at radius 1 is 1.05 bits per heavy atom. The maximum absolute atomic E-state index is 10.8. The van der Waals surface area contributed by atoms with Crippen LogP contribution in [0.2, 0.25) is 0 Å². The summed E-state index contributed by atoms with van der Waals surface area (Å²) in [5.74, 6) is -0.957. The van der Waals surface area contributed by atoms with Crippen molar-refractivity contribution >= 4 is 11.7 Å². The third kappa shape index (κ3) is 3.48. The second kappa shape index (κ2) is 6.44. The molecule has 0 heterocycles. The van der Waals surface area contributed by atoms with E-state index in [-0.39, 0.29) is 17.0 Å². The predicted octanol–water partition coefficient (Wildman–Crippen LogP) is 3.37. The number of aromatic carboxylic acids is 1. The number of anilines is 1. The van der Waals surface area contributed by atoms with E-state index in [2.05, 4.69) is 0 Å². The number of aromatic hydroxyl groups is 1. The van der Waals surface area contributed by atoms with Gasteiger partial charge in [0.25, 0.3) is 0 Å². The van der Waals surface area contributed by atoms with Crippen LogP contribution in [0, 0.1) is 0 Å². The van der Waals surface area contributed by atoms with Crippen LogP contribution in [-0.4, -0.2) is 16.2 Å². The van der Waals surface area contributed by atoms with Crippen molar-refractivity contribution in [2.24, 2.45) is 0 Å². The van der Waals surface area contributed by atoms with Gasteiger partial charge in [0.05, 0.1) is 11.3 Å². The number of rotatable bonds is 2. The Balaban J connectivity index is 0.000000861. The van der Waals surface area contributed by atoms with Gasteiger partial charge >= 0.3 is 5.97 Å². The van der Waals surface area contributed by atoms with E-state index in [1.807, 2.05) is 13.8 Å². The Bertz CT molecular complexity index is 579. The van der Waals surface area contributed by atoms with Gasteiger partial charge < -0.3 is 15.9 Å². The highest BCUT2D eigenvalue weighted by atomic mass is 16.4. The van der Waals surface area contributed by atoms with Gasteiger partial charge in [-0.1, -0.05) is 32.0 Å². The first-order valence-corrected chi connectivity index (χ1v) is 6.00. The van der Waals surface area contributed by atoms with Crippen LogP contribution < -0.4 is 5.73 Å². The molecule has 2 aromatic rings.